The number of nitrogens with zero attached hydrogens (tertiary/aromatic N) is 1. The molecule has 0 aliphatic carbocycles. The zero-order valence-corrected chi connectivity index (χ0v) is 15.2. The van der Waals surface area contributed by atoms with Gasteiger partial charge in [0.2, 0.25) is 0 Å². The standard InChI is InChI=1S/C23H20N2O3/c24-23(27)25-19-12-6-4-10-17(19)15-21(18-11-5-7-13-20(18)25)28-22(26)14-16-8-2-1-3-9-16/h1-13,21H,14-15H2,(H2,24,27). The average molecular weight is 372 g/mol. The summed E-state index contributed by atoms with van der Waals surface area (Å²) in [5.41, 5.74) is 9.60. The number of hydrogen-bond acceptors (Lipinski definition) is 3. The zero-order chi connectivity index (χ0) is 19.5. The summed E-state index contributed by atoms with van der Waals surface area (Å²) >= 11 is 0. The van der Waals surface area contributed by atoms with E-state index in [0.717, 1.165) is 16.7 Å². The number of rotatable bonds is 3. The van der Waals surface area contributed by atoms with Gasteiger partial charge in [0.25, 0.3) is 0 Å². The molecule has 2 amide bonds. The summed E-state index contributed by atoms with van der Waals surface area (Å²) < 4.78 is 5.87. The third-order valence-electron chi connectivity index (χ3n) is 4.85. The van der Waals surface area contributed by atoms with Gasteiger partial charge in [-0.25, -0.2) is 4.79 Å². The molecule has 1 unspecified atom stereocenters. The van der Waals surface area contributed by atoms with Crippen LogP contribution in [0.25, 0.3) is 0 Å². The van der Waals surface area contributed by atoms with Crippen LogP contribution in [0.4, 0.5) is 16.2 Å². The fourth-order valence-corrected chi connectivity index (χ4v) is 3.61. The van der Waals surface area contributed by atoms with Gasteiger partial charge < -0.3 is 10.5 Å². The van der Waals surface area contributed by atoms with Crippen LogP contribution in [0, 0.1) is 0 Å². The molecule has 4 rings (SSSR count). The number of hydrogen-bond donors (Lipinski definition) is 1. The summed E-state index contributed by atoms with van der Waals surface area (Å²) in [5, 5.41) is 0. The van der Waals surface area contributed by atoms with Crippen molar-refractivity contribution in [2.75, 3.05) is 4.90 Å². The zero-order valence-electron chi connectivity index (χ0n) is 15.2. The quantitative estimate of drug-likeness (QED) is 0.697. The molecule has 1 aliphatic rings. The fourth-order valence-electron chi connectivity index (χ4n) is 3.61. The largest absolute Gasteiger partial charge is 0.457 e. The maximum absolute atomic E-state index is 12.6. The molecule has 5 heteroatoms. The Morgan fingerprint density at radius 1 is 0.893 bits per heavy atom. The van der Waals surface area contributed by atoms with E-state index < -0.39 is 12.1 Å². The number of benzene rings is 3. The molecule has 0 bridgehead atoms. The lowest BCUT2D eigenvalue weighted by Gasteiger charge is -2.23. The Morgan fingerprint density at radius 3 is 2.29 bits per heavy atom. The molecule has 1 heterocycles. The van der Waals surface area contributed by atoms with E-state index in [2.05, 4.69) is 0 Å². The number of fused-ring (bicyclic) bond motifs is 2. The van der Waals surface area contributed by atoms with Gasteiger partial charge in [0.15, 0.2) is 0 Å². The minimum atomic E-state index is -0.573. The van der Waals surface area contributed by atoms with E-state index in [1.165, 1.54) is 4.90 Å². The van der Waals surface area contributed by atoms with E-state index in [9.17, 15) is 9.59 Å². The van der Waals surface area contributed by atoms with Crippen molar-refractivity contribution in [2.45, 2.75) is 18.9 Å². The van der Waals surface area contributed by atoms with E-state index in [4.69, 9.17) is 10.5 Å². The summed E-state index contributed by atoms with van der Waals surface area (Å²) in [6, 6.07) is 23.8. The van der Waals surface area contributed by atoms with Crippen LogP contribution in [0.1, 0.15) is 22.8 Å². The Bertz CT molecular complexity index is 1020. The van der Waals surface area contributed by atoms with Crippen LogP contribution >= 0.6 is 0 Å². The van der Waals surface area contributed by atoms with Crippen LogP contribution in [-0.2, 0) is 22.4 Å². The first-order valence-electron chi connectivity index (χ1n) is 9.13. The first kappa shape index (κ1) is 17.8. The molecule has 2 N–H and O–H groups in total. The Balaban J connectivity index is 1.70. The number of esters is 1. The minimum absolute atomic E-state index is 0.195. The molecule has 0 fully saturated rings. The normalized spacial score (nSPS) is 15.1. The molecule has 3 aromatic carbocycles. The molecule has 140 valence electrons. The topological polar surface area (TPSA) is 72.6 Å². The van der Waals surface area contributed by atoms with E-state index in [1.807, 2.05) is 78.9 Å². The SMILES string of the molecule is NC(=O)N1c2ccccc2CC(OC(=O)Cc2ccccc2)c2ccccc21. The second-order valence-electron chi connectivity index (χ2n) is 6.71. The summed E-state index contributed by atoms with van der Waals surface area (Å²) in [5.74, 6) is -0.309. The Hall–Kier alpha value is -3.60. The molecule has 5 nitrogen and oxygen atoms in total. The third-order valence-corrected chi connectivity index (χ3v) is 4.85. The molecule has 0 saturated carbocycles. The second-order valence-corrected chi connectivity index (χ2v) is 6.71. The molecule has 1 atom stereocenters. The molecule has 1 aliphatic heterocycles. The highest BCUT2D eigenvalue weighted by molar-refractivity contribution is 6.00. The van der Waals surface area contributed by atoms with Crippen LogP contribution in [0.5, 0.6) is 0 Å². The van der Waals surface area contributed by atoms with Crippen LogP contribution in [0.15, 0.2) is 78.9 Å². The number of anilines is 2. The lowest BCUT2D eigenvalue weighted by atomic mass is 10.0. The summed E-state index contributed by atoms with van der Waals surface area (Å²) in [6.07, 6.45) is 0.163. The Kier molecular flexibility index (Phi) is 4.81. The number of ether oxygens (including phenoxy) is 1. The molecular formula is C23H20N2O3. The van der Waals surface area contributed by atoms with Crippen molar-refractivity contribution in [3.63, 3.8) is 0 Å². The summed E-state index contributed by atoms with van der Waals surface area (Å²) in [6.45, 7) is 0. The predicted octanol–water partition coefficient (Wildman–Crippen LogP) is 4.29. The molecule has 28 heavy (non-hydrogen) atoms. The summed E-state index contributed by atoms with van der Waals surface area (Å²) in [4.78, 5) is 26.3. The van der Waals surface area contributed by atoms with E-state index >= 15 is 0 Å². The van der Waals surface area contributed by atoms with Crippen LogP contribution in [0.3, 0.4) is 0 Å². The van der Waals surface area contributed by atoms with Gasteiger partial charge in [-0.1, -0.05) is 66.7 Å². The average Bonchev–Trinajstić information content (AvgIpc) is 2.83. The van der Waals surface area contributed by atoms with Crippen LogP contribution in [0.2, 0.25) is 0 Å². The van der Waals surface area contributed by atoms with Crippen molar-refractivity contribution in [3.05, 3.63) is 95.6 Å². The Morgan fingerprint density at radius 2 is 1.54 bits per heavy atom. The summed E-state index contributed by atoms with van der Waals surface area (Å²) in [7, 11) is 0. The molecule has 3 aromatic rings. The van der Waals surface area contributed by atoms with Gasteiger partial charge in [-0.2, -0.15) is 0 Å². The van der Waals surface area contributed by atoms with Crippen molar-refractivity contribution >= 4 is 23.4 Å². The number of para-hydroxylation sites is 2. The number of primary amides is 1. The highest BCUT2D eigenvalue weighted by Crippen LogP contribution is 2.41. The monoisotopic (exact) mass is 372 g/mol. The number of urea groups is 1. The van der Waals surface area contributed by atoms with Crippen molar-refractivity contribution in [3.8, 4) is 0 Å². The van der Waals surface area contributed by atoms with Gasteiger partial charge in [-0.3, -0.25) is 9.69 Å². The third kappa shape index (κ3) is 3.47. The first-order valence-corrected chi connectivity index (χ1v) is 9.13. The van der Waals surface area contributed by atoms with E-state index in [0.29, 0.717) is 17.8 Å². The van der Waals surface area contributed by atoms with Gasteiger partial charge in [0.1, 0.15) is 6.10 Å². The van der Waals surface area contributed by atoms with Gasteiger partial charge in [-0.05, 0) is 23.3 Å². The van der Waals surface area contributed by atoms with Gasteiger partial charge >= 0.3 is 12.0 Å². The fraction of sp³-hybridized carbons (Fsp3) is 0.130. The van der Waals surface area contributed by atoms with Crippen molar-refractivity contribution in [2.24, 2.45) is 5.73 Å². The van der Waals surface area contributed by atoms with Crippen molar-refractivity contribution in [1.82, 2.24) is 0 Å². The number of carbonyl (C=O) groups excluding carboxylic acids is 2. The molecular weight excluding hydrogens is 352 g/mol. The smallest absolute Gasteiger partial charge is 0.323 e. The minimum Gasteiger partial charge on any atom is -0.457 e. The van der Waals surface area contributed by atoms with E-state index in [-0.39, 0.29) is 12.4 Å². The maximum atomic E-state index is 12.6. The predicted molar refractivity (Wildman–Crippen MR) is 107 cm³/mol. The number of carbonyl (C=O) groups is 2. The van der Waals surface area contributed by atoms with E-state index in [1.54, 1.807) is 0 Å². The van der Waals surface area contributed by atoms with Gasteiger partial charge in [-0.15, -0.1) is 0 Å². The molecule has 0 aromatic heterocycles. The van der Waals surface area contributed by atoms with Crippen molar-refractivity contribution < 1.29 is 14.3 Å². The lowest BCUT2D eigenvalue weighted by Crippen LogP contribution is -2.32. The highest BCUT2D eigenvalue weighted by Gasteiger charge is 2.31. The first-order chi connectivity index (χ1) is 13.6. The lowest BCUT2D eigenvalue weighted by molar-refractivity contribution is -0.148. The van der Waals surface area contributed by atoms with Crippen LogP contribution < -0.4 is 10.6 Å². The molecule has 0 saturated heterocycles. The molecule has 0 radical (unpaired) electrons. The number of amides is 2. The highest BCUT2D eigenvalue weighted by atomic mass is 16.5. The van der Waals surface area contributed by atoms with Crippen LogP contribution in [-0.4, -0.2) is 12.0 Å². The van der Waals surface area contributed by atoms with Crippen molar-refractivity contribution in [1.29, 1.82) is 0 Å². The van der Waals surface area contributed by atoms with Gasteiger partial charge in [0.05, 0.1) is 17.8 Å². The van der Waals surface area contributed by atoms with Gasteiger partial charge in [0, 0.05) is 12.0 Å². The molecule has 0 spiro atoms. The number of nitrogens with two attached hydrogens (primary N) is 1. The Labute approximate surface area is 163 Å². The maximum Gasteiger partial charge on any atom is 0.323 e. The second kappa shape index (κ2) is 7.56.